The zero-order valence-electron chi connectivity index (χ0n) is 15.8. The molecule has 0 aliphatic heterocycles. The van der Waals surface area contributed by atoms with Crippen LogP contribution < -0.4 is 25.9 Å². The Balaban J connectivity index is 2.16. The first-order valence-electron chi connectivity index (χ1n) is 8.54. The monoisotopic (exact) mass is 526 g/mol. The third-order valence-electron chi connectivity index (χ3n) is 3.52. The number of nitrogens with zero attached hydrogens (tertiary/aromatic N) is 1. The Morgan fingerprint density at radius 3 is 2.48 bits per heavy atom. The standard InChI is InChI=1S/C19H20Br2N4O4/c1-3-28-14-8-12(9-23-25-19(22)27)16(20)17(21)18(14)29-10-15(26)24-13-6-4-11(2)5-7-13/h4-9H,3,10H2,1-2H3,(H,24,26)(H3,22,25,27)/b23-9+. The van der Waals surface area contributed by atoms with Gasteiger partial charge in [0.25, 0.3) is 5.91 Å². The molecule has 8 nitrogen and oxygen atoms in total. The predicted octanol–water partition coefficient (Wildman–Crippen LogP) is 3.94. The largest absolute Gasteiger partial charge is 0.490 e. The second-order valence-electron chi connectivity index (χ2n) is 5.79. The van der Waals surface area contributed by atoms with Crippen molar-refractivity contribution in [2.24, 2.45) is 10.8 Å². The van der Waals surface area contributed by atoms with E-state index >= 15 is 0 Å². The Morgan fingerprint density at radius 2 is 1.86 bits per heavy atom. The number of amides is 3. The first kappa shape index (κ1) is 22.7. The maximum absolute atomic E-state index is 12.2. The first-order valence-corrected chi connectivity index (χ1v) is 10.1. The van der Waals surface area contributed by atoms with Gasteiger partial charge in [0.15, 0.2) is 18.1 Å². The minimum Gasteiger partial charge on any atom is -0.490 e. The molecule has 4 N–H and O–H groups in total. The highest BCUT2D eigenvalue weighted by atomic mass is 79.9. The van der Waals surface area contributed by atoms with Crippen molar-refractivity contribution in [2.45, 2.75) is 13.8 Å². The molecule has 2 aromatic rings. The van der Waals surface area contributed by atoms with Gasteiger partial charge in [-0.25, -0.2) is 10.2 Å². The van der Waals surface area contributed by atoms with Crippen molar-refractivity contribution < 1.29 is 19.1 Å². The van der Waals surface area contributed by atoms with Gasteiger partial charge in [-0.15, -0.1) is 0 Å². The Labute approximate surface area is 185 Å². The number of rotatable bonds is 8. The molecule has 0 aromatic heterocycles. The topological polar surface area (TPSA) is 115 Å². The van der Waals surface area contributed by atoms with Crippen LogP contribution in [0.1, 0.15) is 18.1 Å². The Bertz CT molecular complexity index is 917. The summed E-state index contributed by atoms with van der Waals surface area (Å²) in [7, 11) is 0. The van der Waals surface area contributed by atoms with Gasteiger partial charge < -0.3 is 20.5 Å². The van der Waals surface area contributed by atoms with Crippen LogP contribution in [0.25, 0.3) is 0 Å². The first-order chi connectivity index (χ1) is 13.8. The van der Waals surface area contributed by atoms with Gasteiger partial charge in [0.05, 0.1) is 17.3 Å². The maximum Gasteiger partial charge on any atom is 0.332 e. The van der Waals surface area contributed by atoms with E-state index < -0.39 is 6.03 Å². The molecule has 0 radical (unpaired) electrons. The van der Waals surface area contributed by atoms with E-state index in [1.54, 1.807) is 6.07 Å². The van der Waals surface area contributed by atoms with Gasteiger partial charge in [0, 0.05) is 15.7 Å². The minimum atomic E-state index is -0.777. The molecule has 154 valence electrons. The molecule has 0 fully saturated rings. The Kier molecular flexibility index (Phi) is 8.47. The van der Waals surface area contributed by atoms with Crippen LogP contribution >= 0.6 is 31.9 Å². The number of primary amides is 1. The number of hydrogen-bond acceptors (Lipinski definition) is 5. The number of hydrazone groups is 1. The number of aryl methyl sites for hydroxylation is 1. The predicted molar refractivity (Wildman–Crippen MR) is 119 cm³/mol. The molecule has 0 atom stereocenters. The van der Waals surface area contributed by atoms with Crippen LogP contribution in [-0.4, -0.2) is 31.4 Å². The fourth-order valence-corrected chi connectivity index (χ4v) is 3.17. The van der Waals surface area contributed by atoms with Crippen LogP contribution in [0.4, 0.5) is 10.5 Å². The average molecular weight is 528 g/mol. The van der Waals surface area contributed by atoms with E-state index in [4.69, 9.17) is 15.2 Å². The molecule has 0 aliphatic carbocycles. The minimum absolute atomic E-state index is 0.213. The molecular weight excluding hydrogens is 508 g/mol. The summed E-state index contributed by atoms with van der Waals surface area (Å²) in [4.78, 5) is 23.0. The highest BCUT2D eigenvalue weighted by Gasteiger charge is 2.18. The number of anilines is 1. The Morgan fingerprint density at radius 1 is 1.17 bits per heavy atom. The van der Waals surface area contributed by atoms with Crippen molar-refractivity contribution in [3.05, 3.63) is 50.4 Å². The molecular formula is C19H20Br2N4O4. The summed E-state index contributed by atoms with van der Waals surface area (Å²) in [5.74, 6) is 0.458. The normalized spacial score (nSPS) is 10.6. The van der Waals surface area contributed by atoms with Gasteiger partial charge in [-0.1, -0.05) is 17.7 Å². The molecule has 2 aromatic carbocycles. The van der Waals surface area contributed by atoms with Crippen LogP contribution in [0.2, 0.25) is 0 Å². The zero-order chi connectivity index (χ0) is 21.4. The molecule has 0 saturated heterocycles. The number of hydrogen-bond donors (Lipinski definition) is 3. The highest BCUT2D eigenvalue weighted by Crippen LogP contribution is 2.42. The quantitative estimate of drug-likeness (QED) is 0.356. The molecule has 10 heteroatoms. The van der Waals surface area contributed by atoms with E-state index in [2.05, 4.69) is 47.7 Å². The van der Waals surface area contributed by atoms with Crippen molar-refractivity contribution in [3.8, 4) is 11.5 Å². The lowest BCUT2D eigenvalue weighted by Gasteiger charge is -2.16. The summed E-state index contributed by atoms with van der Waals surface area (Å²) in [6.45, 7) is 3.97. The summed E-state index contributed by atoms with van der Waals surface area (Å²) in [5, 5.41) is 6.51. The number of carbonyl (C=O) groups excluding carboxylic acids is 2. The lowest BCUT2D eigenvalue weighted by atomic mass is 10.2. The number of ether oxygens (including phenoxy) is 2. The zero-order valence-corrected chi connectivity index (χ0v) is 19.0. The average Bonchev–Trinajstić information content (AvgIpc) is 2.67. The molecule has 0 unspecified atom stereocenters. The summed E-state index contributed by atoms with van der Waals surface area (Å²) in [6, 6.07) is 8.34. The molecule has 0 bridgehead atoms. The van der Waals surface area contributed by atoms with Crippen LogP contribution in [-0.2, 0) is 4.79 Å². The van der Waals surface area contributed by atoms with Crippen LogP contribution in [0.3, 0.4) is 0 Å². The molecule has 0 spiro atoms. The van der Waals surface area contributed by atoms with Crippen molar-refractivity contribution in [1.29, 1.82) is 0 Å². The van der Waals surface area contributed by atoms with E-state index in [9.17, 15) is 9.59 Å². The summed E-state index contributed by atoms with van der Waals surface area (Å²) < 4.78 is 12.5. The van der Waals surface area contributed by atoms with Crippen molar-refractivity contribution in [3.63, 3.8) is 0 Å². The van der Waals surface area contributed by atoms with E-state index in [1.165, 1.54) is 6.21 Å². The second-order valence-corrected chi connectivity index (χ2v) is 7.38. The lowest BCUT2D eigenvalue weighted by molar-refractivity contribution is -0.118. The van der Waals surface area contributed by atoms with E-state index in [0.717, 1.165) is 5.56 Å². The molecule has 29 heavy (non-hydrogen) atoms. The van der Waals surface area contributed by atoms with E-state index in [-0.39, 0.29) is 12.5 Å². The number of nitrogens with one attached hydrogen (secondary N) is 2. The highest BCUT2D eigenvalue weighted by molar-refractivity contribution is 9.13. The molecule has 0 aliphatic rings. The number of carbonyl (C=O) groups is 2. The maximum atomic E-state index is 12.2. The SMILES string of the molecule is CCOc1cc(/C=N/NC(N)=O)c(Br)c(Br)c1OCC(=O)Nc1ccc(C)cc1. The smallest absolute Gasteiger partial charge is 0.332 e. The van der Waals surface area contributed by atoms with Crippen molar-refractivity contribution in [2.75, 3.05) is 18.5 Å². The lowest BCUT2D eigenvalue weighted by Crippen LogP contribution is -2.24. The third-order valence-corrected chi connectivity index (χ3v) is 5.66. The summed E-state index contributed by atoms with van der Waals surface area (Å²) in [5.41, 5.74) is 9.50. The molecule has 2 rings (SSSR count). The summed E-state index contributed by atoms with van der Waals surface area (Å²) >= 11 is 6.87. The molecule has 0 saturated carbocycles. The summed E-state index contributed by atoms with van der Waals surface area (Å²) in [6.07, 6.45) is 1.40. The number of benzene rings is 2. The van der Waals surface area contributed by atoms with Gasteiger partial charge in [-0.2, -0.15) is 5.10 Å². The number of urea groups is 1. The van der Waals surface area contributed by atoms with Crippen LogP contribution in [0, 0.1) is 6.92 Å². The van der Waals surface area contributed by atoms with Crippen molar-refractivity contribution in [1.82, 2.24) is 5.43 Å². The van der Waals surface area contributed by atoms with Crippen LogP contribution in [0.5, 0.6) is 11.5 Å². The number of halogens is 2. The molecule has 0 heterocycles. The van der Waals surface area contributed by atoms with E-state index in [1.807, 2.05) is 38.1 Å². The fraction of sp³-hybridized carbons (Fsp3) is 0.211. The van der Waals surface area contributed by atoms with Gasteiger partial charge in [0.1, 0.15) is 0 Å². The Hall–Kier alpha value is -2.59. The van der Waals surface area contributed by atoms with Crippen molar-refractivity contribution >= 4 is 55.7 Å². The second kappa shape index (κ2) is 10.8. The molecule has 3 amide bonds. The van der Waals surface area contributed by atoms with Gasteiger partial charge >= 0.3 is 6.03 Å². The third kappa shape index (κ3) is 6.75. The van der Waals surface area contributed by atoms with Crippen LogP contribution in [0.15, 0.2) is 44.4 Å². The van der Waals surface area contributed by atoms with Gasteiger partial charge in [-0.05, 0) is 63.9 Å². The van der Waals surface area contributed by atoms with Gasteiger partial charge in [0.2, 0.25) is 0 Å². The van der Waals surface area contributed by atoms with E-state index in [0.29, 0.717) is 38.3 Å². The fourth-order valence-electron chi connectivity index (χ4n) is 2.23. The number of nitrogens with two attached hydrogens (primary N) is 1. The van der Waals surface area contributed by atoms with Gasteiger partial charge in [-0.3, -0.25) is 4.79 Å².